The van der Waals surface area contributed by atoms with E-state index in [9.17, 15) is 23.1 Å². The highest BCUT2D eigenvalue weighted by Crippen LogP contribution is 2.30. The summed E-state index contributed by atoms with van der Waals surface area (Å²) in [7, 11) is -2.15. The zero-order valence-electron chi connectivity index (χ0n) is 28.9. The third kappa shape index (κ3) is 9.13. The van der Waals surface area contributed by atoms with Crippen molar-refractivity contribution in [3.05, 3.63) is 83.7 Å². The number of nitrogens with one attached hydrogen (secondary N) is 2. The van der Waals surface area contributed by atoms with Crippen LogP contribution in [0.5, 0.6) is 5.75 Å². The Morgan fingerprint density at radius 2 is 1.86 bits per heavy atom. The van der Waals surface area contributed by atoms with Gasteiger partial charge in [0, 0.05) is 43.7 Å². The molecule has 5 rings (SSSR count). The zero-order valence-corrected chi connectivity index (χ0v) is 30.5. The molecule has 0 fully saturated rings. The minimum Gasteiger partial charge on any atom is -0.490 e. The van der Waals surface area contributed by atoms with Gasteiger partial charge in [0.05, 0.1) is 36.1 Å². The molecule has 3 N–H and O–H groups in total. The van der Waals surface area contributed by atoms with Gasteiger partial charge in [-0.05, 0) is 74.2 Å². The van der Waals surface area contributed by atoms with Crippen LogP contribution in [0.1, 0.15) is 50.4 Å². The first-order chi connectivity index (χ1) is 24.0. The monoisotopic (exact) mass is 722 g/mol. The van der Waals surface area contributed by atoms with E-state index in [1.54, 1.807) is 47.4 Å². The van der Waals surface area contributed by atoms with Crippen molar-refractivity contribution in [2.45, 2.75) is 62.5 Å². The number of aliphatic hydroxyl groups excluding tert-OH is 1. The maximum absolute atomic E-state index is 14.4. The fourth-order valence-electron chi connectivity index (χ4n) is 5.97. The van der Waals surface area contributed by atoms with E-state index >= 15 is 0 Å². The van der Waals surface area contributed by atoms with Crippen LogP contribution in [0.2, 0.25) is 0 Å². The number of benzene rings is 3. The zero-order chi connectivity index (χ0) is 35.8. The third-order valence-corrected chi connectivity index (χ3v) is 11.7. The van der Waals surface area contributed by atoms with Crippen LogP contribution in [0.4, 0.5) is 16.2 Å². The number of ether oxygens (including phenoxy) is 2. The normalized spacial score (nSPS) is 19.9. The van der Waals surface area contributed by atoms with Crippen LogP contribution in [0.3, 0.4) is 0 Å². The molecule has 1 aliphatic rings. The molecule has 4 aromatic rings. The number of thiophene rings is 1. The summed E-state index contributed by atoms with van der Waals surface area (Å²) in [6.07, 6.45) is 1.62. The molecule has 0 radical (unpaired) electrons. The van der Waals surface area contributed by atoms with Crippen molar-refractivity contribution in [1.82, 2.24) is 9.80 Å². The van der Waals surface area contributed by atoms with Crippen LogP contribution in [0.25, 0.3) is 10.8 Å². The van der Waals surface area contributed by atoms with Gasteiger partial charge in [-0.25, -0.2) is 13.2 Å². The van der Waals surface area contributed by atoms with Crippen molar-refractivity contribution in [2.75, 3.05) is 43.4 Å². The number of anilines is 2. The van der Waals surface area contributed by atoms with Gasteiger partial charge >= 0.3 is 6.03 Å². The third-order valence-electron chi connectivity index (χ3n) is 8.90. The number of rotatable bonds is 8. The Labute approximate surface area is 298 Å². The quantitative estimate of drug-likeness (QED) is 0.185. The second-order valence-corrected chi connectivity index (χ2v) is 15.7. The lowest BCUT2D eigenvalue weighted by Crippen LogP contribution is -2.48. The molecule has 50 heavy (non-hydrogen) atoms. The van der Waals surface area contributed by atoms with Crippen molar-refractivity contribution in [2.24, 2.45) is 5.92 Å². The molecule has 268 valence electrons. The molecule has 0 saturated heterocycles. The molecule has 4 atom stereocenters. The Morgan fingerprint density at radius 1 is 1.08 bits per heavy atom. The average Bonchev–Trinajstić information content (AvgIpc) is 3.66. The molecule has 11 nitrogen and oxygen atoms in total. The van der Waals surface area contributed by atoms with E-state index in [2.05, 4.69) is 10.0 Å². The minimum absolute atomic E-state index is 0.153. The van der Waals surface area contributed by atoms with Gasteiger partial charge in [-0.15, -0.1) is 11.3 Å². The molecule has 13 heteroatoms. The van der Waals surface area contributed by atoms with Gasteiger partial charge in [0.2, 0.25) is 0 Å². The van der Waals surface area contributed by atoms with Gasteiger partial charge in [0.25, 0.3) is 15.9 Å². The molecular formula is C37H46N4O7S2. The number of hydrogen-bond acceptors (Lipinski definition) is 8. The maximum Gasteiger partial charge on any atom is 0.321 e. The predicted molar refractivity (Wildman–Crippen MR) is 198 cm³/mol. The Kier molecular flexibility index (Phi) is 12.4. The predicted octanol–water partition coefficient (Wildman–Crippen LogP) is 6.66. The van der Waals surface area contributed by atoms with E-state index < -0.39 is 28.1 Å². The van der Waals surface area contributed by atoms with E-state index in [-0.39, 0.29) is 53.2 Å². The largest absolute Gasteiger partial charge is 0.490 e. The van der Waals surface area contributed by atoms with Crippen molar-refractivity contribution in [1.29, 1.82) is 0 Å². The molecule has 3 amide bonds. The molecular weight excluding hydrogens is 677 g/mol. The number of carbonyl (C=O) groups is 2. The van der Waals surface area contributed by atoms with Crippen LogP contribution in [-0.2, 0) is 14.8 Å². The molecule has 2 heterocycles. The minimum atomic E-state index is -3.86. The van der Waals surface area contributed by atoms with Crippen LogP contribution in [-0.4, -0.2) is 86.9 Å². The Morgan fingerprint density at radius 3 is 2.62 bits per heavy atom. The number of aliphatic hydroxyl groups is 1. The van der Waals surface area contributed by atoms with Crippen LogP contribution in [0, 0.1) is 5.92 Å². The first kappa shape index (κ1) is 37.1. The first-order valence-corrected chi connectivity index (χ1v) is 19.2. The van der Waals surface area contributed by atoms with E-state index in [1.165, 1.54) is 12.1 Å². The van der Waals surface area contributed by atoms with Gasteiger partial charge in [0.15, 0.2) is 0 Å². The summed E-state index contributed by atoms with van der Waals surface area (Å²) in [6.45, 7) is 6.27. The highest BCUT2D eigenvalue weighted by molar-refractivity contribution is 7.94. The van der Waals surface area contributed by atoms with E-state index in [0.29, 0.717) is 24.5 Å². The summed E-state index contributed by atoms with van der Waals surface area (Å²) >= 11 is 1.09. The fraction of sp³-hybridized carbons (Fsp3) is 0.405. The molecule has 0 spiro atoms. The number of carbonyl (C=O) groups excluding carboxylic acids is 2. The Bertz CT molecular complexity index is 1860. The van der Waals surface area contributed by atoms with E-state index in [1.807, 2.05) is 56.3 Å². The molecule has 0 unspecified atom stereocenters. The second kappa shape index (κ2) is 16.7. The molecule has 3 aromatic carbocycles. The number of sulfonamides is 1. The van der Waals surface area contributed by atoms with Crippen LogP contribution in [0.15, 0.2) is 82.4 Å². The lowest BCUT2D eigenvalue weighted by molar-refractivity contribution is -0.0115. The standard InChI is InChI=1S/C37H46N4O7S2/c1-25-22-41(26(2)24-42)36(43)31-21-29(39-50(45,46)35-16-10-20-49-35)17-18-33(31)48-27(3)11-7-8-19-47-34(25)23-40(4)37(44)38-32-15-9-13-28-12-5-6-14-30(28)32/h5-6,9-10,12-18,20-21,25-27,34,39,42H,7-8,11,19,22-24H2,1-4H3,(H,38,44)/t25-,26-,27-,34-/m0/s1. The number of amides is 3. The molecule has 0 aliphatic carbocycles. The van der Waals surface area contributed by atoms with Crippen molar-refractivity contribution in [3.8, 4) is 5.75 Å². The fourth-order valence-corrected chi connectivity index (χ4v) is 8.01. The van der Waals surface area contributed by atoms with Gasteiger partial charge < -0.3 is 29.7 Å². The smallest absolute Gasteiger partial charge is 0.321 e. The number of hydrogen-bond donors (Lipinski definition) is 3. The van der Waals surface area contributed by atoms with Crippen molar-refractivity contribution < 1.29 is 32.6 Å². The van der Waals surface area contributed by atoms with Crippen LogP contribution >= 0.6 is 11.3 Å². The Balaban J connectivity index is 1.40. The van der Waals surface area contributed by atoms with Crippen molar-refractivity contribution in [3.63, 3.8) is 0 Å². The number of fused-ring (bicyclic) bond motifs is 2. The summed E-state index contributed by atoms with van der Waals surface area (Å²) < 4.78 is 41.5. The SMILES string of the molecule is C[C@H]1CCCCO[C@@H](CN(C)C(=O)Nc2cccc3ccccc23)[C@@H](C)CN([C@@H](C)CO)C(=O)c2cc(NS(=O)(=O)c3cccs3)ccc2O1. The lowest BCUT2D eigenvalue weighted by atomic mass is 10.0. The first-order valence-electron chi connectivity index (χ1n) is 16.9. The highest BCUT2D eigenvalue weighted by atomic mass is 32.2. The van der Waals surface area contributed by atoms with Gasteiger partial charge in [-0.1, -0.05) is 49.4 Å². The maximum atomic E-state index is 14.4. The summed E-state index contributed by atoms with van der Waals surface area (Å²) in [4.78, 5) is 31.0. The van der Waals surface area contributed by atoms with Crippen LogP contribution < -0.4 is 14.8 Å². The summed E-state index contributed by atoms with van der Waals surface area (Å²) in [6, 6.07) is 20.6. The van der Waals surface area contributed by atoms with Crippen molar-refractivity contribution >= 4 is 55.4 Å². The molecule has 1 aromatic heterocycles. The van der Waals surface area contributed by atoms with Gasteiger partial charge in [0.1, 0.15) is 9.96 Å². The number of urea groups is 1. The molecule has 0 saturated carbocycles. The van der Waals surface area contributed by atoms with Gasteiger partial charge in [-0.2, -0.15) is 0 Å². The highest BCUT2D eigenvalue weighted by Gasteiger charge is 2.31. The average molecular weight is 723 g/mol. The summed E-state index contributed by atoms with van der Waals surface area (Å²) in [5, 5.41) is 16.9. The molecule has 1 aliphatic heterocycles. The molecule has 0 bridgehead atoms. The van der Waals surface area contributed by atoms with E-state index in [4.69, 9.17) is 9.47 Å². The van der Waals surface area contributed by atoms with E-state index in [0.717, 1.165) is 35.0 Å². The topological polar surface area (TPSA) is 138 Å². The summed E-state index contributed by atoms with van der Waals surface area (Å²) in [5.41, 5.74) is 1.10. The number of nitrogens with zero attached hydrogens (tertiary/aromatic N) is 2. The lowest BCUT2D eigenvalue weighted by Gasteiger charge is -2.35. The van der Waals surface area contributed by atoms with Gasteiger partial charge in [-0.3, -0.25) is 9.52 Å². The summed E-state index contributed by atoms with van der Waals surface area (Å²) in [5.74, 6) is -0.345. The second-order valence-electron chi connectivity index (χ2n) is 12.9. The Hall–Kier alpha value is -4.17. The number of likely N-dealkylation sites (N-methyl/N-ethyl adjacent to an activating group) is 1.